The van der Waals surface area contributed by atoms with Gasteiger partial charge in [0.25, 0.3) is 5.91 Å². The van der Waals surface area contributed by atoms with Crippen LogP contribution in [0.1, 0.15) is 26.4 Å². The Morgan fingerprint density at radius 2 is 1.81 bits per heavy atom. The Morgan fingerprint density at radius 3 is 2.29 bits per heavy atom. The lowest BCUT2D eigenvalue weighted by molar-refractivity contribution is 0.0696. The lowest BCUT2D eigenvalue weighted by atomic mass is 10.1. The molecule has 0 atom stereocenters. The smallest absolute Gasteiger partial charge is 0.335 e. The number of aromatic carboxylic acids is 1. The van der Waals surface area contributed by atoms with Crippen LogP contribution in [0.4, 0.5) is 5.82 Å². The summed E-state index contributed by atoms with van der Waals surface area (Å²) in [6.45, 7) is 0.532. The van der Waals surface area contributed by atoms with Crippen LogP contribution in [-0.4, -0.2) is 34.2 Å². The van der Waals surface area contributed by atoms with Gasteiger partial charge >= 0.3 is 5.97 Å². The van der Waals surface area contributed by atoms with Gasteiger partial charge in [-0.3, -0.25) is 4.79 Å². The third-order valence-electron chi connectivity index (χ3n) is 2.91. The summed E-state index contributed by atoms with van der Waals surface area (Å²) in [4.78, 5) is 23.5. The molecule has 21 heavy (non-hydrogen) atoms. The summed E-state index contributed by atoms with van der Waals surface area (Å²) in [6, 6.07) is 9.74. The van der Waals surface area contributed by atoms with Crippen LogP contribution >= 0.6 is 0 Å². The number of carboxylic acid groups (broad SMARTS) is 1. The van der Waals surface area contributed by atoms with Gasteiger partial charge in [0.1, 0.15) is 0 Å². The predicted octanol–water partition coefficient (Wildman–Crippen LogP) is 0.910. The Morgan fingerprint density at radius 1 is 1.14 bits per heavy atom. The summed E-state index contributed by atoms with van der Waals surface area (Å²) in [6.07, 6.45) is 0. The van der Waals surface area contributed by atoms with E-state index in [1.165, 1.54) is 6.07 Å². The van der Waals surface area contributed by atoms with Gasteiger partial charge in [0.05, 0.1) is 5.56 Å². The van der Waals surface area contributed by atoms with Crippen LogP contribution in [0.5, 0.6) is 0 Å². The van der Waals surface area contributed by atoms with Crippen LogP contribution in [0.15, 0.2) is 36.4 Å². The SMILES string of the molecule is CN(Cc1ccc(C(=O)O)cc1)c1ccc(C(N)=O)nn1. The zero-order valence-electron chi connectivity index (χ0n) is 11.4. The zero-order chi connectivity index (χ0) is 15.4. The van der Waals surface area contributed by atoms with Crippen molar-refractivity contribution in [2.24, 2.45) is 5.73 Å². The number of amides is 1. The molecule has 0 fully saturated rings. The average molecular weight is 286 g/mol. The molecule has 3 N–H and O–H groups in total. The van der Waals surface area contributed by atoms with Crippen LogP contribution in [0.3, 0.4) is 0 Å². The first-order valence-electron chi connectivity index (χ1n) is 6.14. The Hall–Kier alpha value is -2.96. The first-order chi connectivity index (χ1) is 9.97. The number of hydrogen-bond donors (Lipinski definition) is 2. The standard InChI is InChI=1S/C14H14N4O3/c1-18(12-7-6-11(13(15)19)16-17-12)8-9-2-4-10(5-3-9)14(20)21/h2-7H,8H2,1H3,(H2,15,19)(H,20,21). The number of rotatable bonds is 5. The molecule has 1 aromatic carbocycles. The molecule has 1 heterocycles. The largest absolute Gasteiger partial charge is 0.478 e. The van der Waals surface area contributed by atoms with Gasteiger partial charge in [-0.05, 0) is 29.8 Å². The summed E-state index contributed by atoms with van der Waals surface area (Å²) < 4.78 is 0. The molecule has 2 aromatic rings. The molecule has 0 bridgehead atoms. The van der Waals surface area contributed by atoms with Crippen molar-refractivity contribution in [3.05, 3.63) is 53.2 Å². The fourth-order valence-corrected chi connectivity index (χ4v) is 1.77. The van der Waals surface area contributed by atoms with Gasteiger partial charge in [-0.25, -0.2) is 4.79 Å². The lowest BCUT2D eigenvalue weighted by Gasteiger charge is -2.17. The molecule has 108 valence electrons. The van der Waals surface area contributed by atoms with E-state index in [9.17, 15) is 9.59 Å². The molecule has 0 spiro atoms. The Balaban J connectivity index is 2.08. The maximum absolute atomic E-state index is 10.9. The van der Waals surface area contributed by atoms with Crippen LogP contribution in [-0.2, 0) is 6.54 Å². The second-order valence-electron chi connectivity index (χ2n) is 4.50. The predicted molar refractivity (Wildman–Crippen MR) is 76.1 cm³/mol. The van der Waals surface area contributed by atoms with Crippen molar-refractivity contribution in [1.29, 1.82) is 0 Å². The molecule has 0 saturated carbocycles. The number of anilines is 1. The molecule has 0 aliphatic rings. The highest BCUT2D eigenvalue weighted by atomic mass is 16.4. The number of aromatic nitrogens is 2. The highest BCUT2D eigenvalue weighted by Crippen LogP contribution is 2.12. The average Bonchev–Trinajstić information content (AvgIpc) is 2.47. The topological polar surface area (TPSA) is 109 Å². The van der Waals surface area contributed by atoms with Crippen molar-refractivity contribution >= 4 is 17.7 Å². The van der Waals surface area contributed by atoms with Crippen molar-refractivity contribution in [2.75, 3.05) is 11.9 Å². The van der Waals surface area contributed by atoms with Gasteiger partial charge in [-0.2, -0.15) is 0 Å². The second kappa shape index (κ2) is 6.00. The van der Waals surface area contributed by atoms with E-state index >= 15 is 0 Å². The fourth-order valence-electron chi connectivity index (χ4n) is 1.77. The minimum atomic E-state index is -0.956. The number of benzene rings is 1. The number of hydrogen-bond acceptors (Lipinski definition) is 5. The second-order valence-corrected chi connectivity index (χ2v) is 4.50. The van der Waals surface area contributed by atoms with E-state index in [2.05, 4.69) is 10.2 Å². The molecular weight excluding hydrogens is 272 g/mol. The number of carbonyl (C=O) groups is 2. The minimum absolute atomic E-state index is 0.109. The van der Waals surface area contributed by atoms with E-state index in [0.29, 0.717) is 12.4 Å². The number of primary amides is 1. The quantitative estimate of drug-likeness (QED) is 0.845. The van der Waals surface area contributed by atoms with Gasteiger partial charge in [-0.1, -0.05) is 12.1 Å². The van der Waals surface area contributed by atoms with Crippen LogP contribution in [0, 0.1) is 0 Å². The molecule has 7 heteroatoms. The van der Waals surface area contributed by atoms with E-state index in [1.54, 1.807) is 30.3 Å². The summed E-state index contributed by atoms with van der Waals surface area (Å²) in [7, 11) is 1.82. The molecule has 2 rings (SSSR count). The van der Waals surface area contributed by atoms with Crippen molar-refractivity contribution in [3.63, 3.8) is 0 Å². The molecule has 7 nitrogen and oxygen atoms in total. The van der Waals surface area contributed by atoms with Crippen molar-refractivity contribution < 1.29 is 14.7 Å². The maximum Gasteiger partial charge on any atom is 0.335 e. The van der Waals surface area contributed by atoms with Gasteiger partial charge < -0.3 is 15.7 Å². The number of carboxylic acids is 1. The summed E-state index contributed by atoms with van der Waals surface area (Å²) in [5, 5.41) is 16.5. The lowest BCUT2D eigenvalue weighted by Crippen LogP contribution is -2.20. The maximum atomic E-state index is 10.9. The Bertz CT molecular complexity index is 653. The molecule has 1 aromatic heterocycles. The molecular formula is C14H14N4O3. The van der Waals surface area contributed by atoms with E-state index in [1.807, 2.05) is 11.9 Å². The highest BCUT2D eigenvalue weighted by Gasteiger charge is 2.08. The van der Waals surface area contributed by atoms with Gasteiger partial charge in [-0.15, -0.1) is 10.2 Å². The third-order valence-corrected chi connectivity index (χ3v) is 2.91. The Labute approximate surface area is 121 Å². The van der Waals surface area contributed by atoms with Crippen LogP contribution < -0.4 is 10.6 Å². The van der Waals surface area contributed by atoms with Gasteiger partial charge in [0.15, 0.2) is 11.5 Å². The molecule has 0 unspecified atom stereocenters. The molecule has 0 aliphatic heterocycles. The van der Waals surface area contributed by atoms with Crippen LogP contribution in [0.25, 0.3) is 0 Å². The van der Waals surface area contributed by atoms with Gasteiger partial charge in [0.2, 0.25) is 0 Å². The van der Waals surface area contributed by atoms with Crippen molar-refractivity contribution in [2.45, 2.75) is 6.54 Å². The number of carbonyl (C=O) groups excluding carboxylic acids is 1. The summed E-state index contributed by atoms with van der Waals surface area (Å²) in [5.41, 5.74) is 6.38. The normalized spacial score (nSPS) is 10.1. The van der Waals surface area contributed by atoms with Gasteiger partial charge in [0, 0.05) is 13.6 Å². The third kappa shape index (κ3) is 3.53. The first kappa shape index (κ1) is 14.4. The van der Waals surface area contributed by atoms with E-state index in [4.69, 9.17) is 10.8 Å². The molecule has 0 radical (unpaired) electrons. The Kier molecular flexibility index (Phi) is 4.13. The number of nitrogens with zero attached hydrogens (tertiary/aromatic N) is 3. The van der Waals surface area contributed by atoms with Crippen LogP contribution in [0.2, 0.25) is 0 Å². The fraction of sp³-hybridized carbons (Fsp3) is 0.143. The summed E-state index contributed by atoms with van der Waals surface area (Å²) in [5.74, 6) is -0.994. The highest BCUT2D eigenvalue weighted by molar-refractivity contribution is 5.90. The van der Waals surface area contributed by atoms with E-state index in [0.717, 1.165) is 5.56 Å². The van der Waals surface area contributed by atoms with E-state index in [-0.39, 0.29) is 11.3 Å². The van der Waals surface area contributed by atoms with Crippen molar-refractivity contribution in [3.8, 4) is 0 Å². The van der Waals surface area contributed by atoms with Crippen molar-refractivity contribution in [1.82, 2.24) is 10.2 Å². The number of nitrogens with two attached hydrogens (primary N) is 1. The zero-order valence-corrected chi connectivity index (χ0v) is 11.4. The molecule has 0 saturated heterocycles. The first-order valence-corrected chi connectivity index (χ1v) is 6.14. The molecule has 0 aliphatic carbocycles. The minimum Gasteiger partial charge on any atom is -0.478 e. The van der Waals surface area contributed by atoms with E-state index < -0.39 is 11.9 Å². The summed E-state index contributed by atoms with van der Waals surface area (Å²) >= 11 is 0. The molecule has 1 amide bonds. The monoisotopic (exact) mass is 286 g/mol.